The zero-order valence-electron chi connectivity index (χ0n) is 15.5. The van der Waals surface area contributed by atoms with Crippen molar-refractivity contribution in [2.75, 3.05) is 0 Å². The zero-order chi connectivity index (χ0) is 18.6. The van der Waals surface area contributed by atoms with E-state index in [1.54, 1.807) is 0 Å². The number of unbranched alkanes of at least 4 members (excludes halogenated alkanes) is 2. The number of allylic oxidation sites excluding steroid dienone is 10. The van der Waals surface area contributed by atoms with Crippen LogP contribution in [-0.4, -0.2) is 22.3 Å². The molecule has 0 fully saturated rings. The van der Waals surface area contributed by atoms with E-state index in [4.69, 9.17) is 10.2 Å². The highest BCUT2D eigenvalue weighted by molar-refractivity contribution is 5.71. The van der Waals surface area contributed by atoms with Gasteiger partial charge in [0.05, 0.1) is 0 Å². The summed E-state index contributed by atoms with van der Waals surface area (Å²) in [5, 5.41) is 17.7. The molecular weight excluding hydrogens is 312 g/mol. The Hall–Kier alpha value is -1.87. The fourth-order valence-electron chi connectivity index (χ4n) is 2.09. The van der Waals surface area contributed by atoms with Crippen LogP contribution < -0.4 is 0 Å². The van der Waals surface area contributed by atoms with Crippen LogP contribution in [0.4, 0.5) is 0 Å². The van der Waals surface area contributed by atoms with Gasteiger partial charge >= 0.3 is 5.97 Å². The summed E-state index contributed by atoms with van der Waals surface area (Å²) in [6, 6.07) is 0. The predicted molar refractivity (Wildman–Crippen MR) is 107 cm³/mol. The molecule has 0 bridgehead atoms. The van der Waals surface area contributed by atoms with Gasteiger partial charge in [-0.25, -0.2) is 4.79 Å². The second-order valence-corrected chi connectivity index (χ2v) is 5.85. The molecule has 0 aromatic rings. The van der Waals surface area contributed by atoms with Crippen molar-refractivity contribution >= 4 is 5.97 Å². The first-order valence-electron chi connectivity index (χ1n) is 9.34. The normalized spacial score (nSPS) is 14.0. The summed E-state index contributed by atoms with van der Waals surface area (Å²) in [6.45, 7) is 2.14. The van der Waals surface area contributed by atoms with Crippen molar-refractivity contribution in [2.45, 2.75) is 70.8 Å². The lowest BCUT2D eigenvalue weighted by Gasteiger charge is -2.03. The summed E-state index contributed by atoms with van der Waals surface area (Å²) < 4.78 is 0. The number of hydrogen-bond donors (Lipinski definition) is 2. The van der Waals surface area contributed by atoms with Crippen LogP contribution in [0.1, 0.15) is 64.7 Å². The van der Waals surface area contributed by atoms with Crippen molar-refractivity contribution in [2.24, 2.45) is 0 Å². The van der Waals surface area contributed by atoms with Gasteiger partial charge in [-0.3, -0.25) is 0 Å². The molecule has 0 aliphatic rings. The largest absolute Gasteiger partial charge is 0.479 e. The number of carbonyl (C=O) groups is 1. The van der Waals surface area contributed by atoms with E-state index in [-0.39, 0.29) is 0 Å². The third-order valence-electron chi connectivity index (χ3n) is 3.54. The molecule has 140 valence electrons. The molecule has 25 heavy (non-hydrogen) atoms. The minimum absolute atomic E-state index is 0.333. The fraction of sp³-hybridized carbons (Fsp3) is 0.500. The number of rotatable bonds is 15. The van der Waals surface area contributed by atoms with Crippen LogP contribution in [-0.2, 0) is 4.79 Å². The van der Waals surface area contributed by atoms with E-state index < -0.39 is 12.1 Å². The van der Waals surface area contributed by atoms with Crippen molar-refractivity contribution in [3.8, 4) is 0 Å². The summed E-state index contributed by atoms with van der Waals surface area (Å²) in [7, 11) is 0. The van der Waals surface area contributed by atoms with Gasteiger partial charge in [0.15, 0.2) is 6.10 Å². The summed E-state index contributed by atoms with van der Waals surface area (Å²) in [6.07, 6.45) is 28.4. The quantitative estimate of drug-likeness (QED) is 0.293. The highest BCUT2D eigenvalue weighted by atomic mass is 16.4. The highest BCUT2D eigenvalue weighted by Crippen LogP contribution is 2.05. The molecule has 3 heteroatoms. The average molecular weight is 347 g/mol. The second-order valence-electron chi connectivity index (χ2n) is 5.85. The van der Waals surface area contributed by atoms with E-state index in [1.807, 2.05) is 0 Å². The van der Waals surface area contributed by atoms with Crippen LogP contribution in [0, 0.1) is 0 Å². The Balaban J connectivity index is 3.49. The molecule has 0 aromatic carbocycles. The van der Waals surface area contributed by atoms with Crippen molar-refractivity contribution in [3.63, 3.8) is 0 Å². The van der Waals surface area contributed by atoms with Gasteiger partial charge in [0.25, 0.3) is 0 Å². The van der Waals surface area contributed by atoms with Gasteiger partial charge in [-0.1, -0.05) is 67.7 Å². The summed E-state index contributed by atoms with van der Waals surface area (Å²) in [4.78, 5) is 10.4. The molecule has 1 unspecified atom stereocenters. The molecule has 2 N–H and O–H groups in total. The first kappa shape index (κ1) is 23.1. The maximum atomic E-state index is 10.4. The molecule has 0 saturated carbocycles. The van der Waals surface area contributed by atoms with Crippen LogP contribution in [0.2, 0.25) is 0 Å². The first-order chi connectivity index (χ1) is 12.2. The van der Waals surface area contributed by atoms with Crippen LogP contribution in [0.15, 0.2) is 60.8 Å². The molecule has 3 nitrogen and oxygen atoms in total. The van der Waals surface area contributed by atoms with E-state index in [9.17, 15) is 4.79 Å². The van der Waals surface area contributed by atoms with Crippen molar-refractivity contribution in [3.05, 3.63) is 60.8 Å². The molecule has 0 aliphatic heterocycles. The van der Waals surface area contributed by atoms with E-state index >= 15 is 0 Å². The monoisotopic (exact) mass is 346 g/mol. The maximum Gasteiger partial charge on any atom is 0.332 e. The van der Waals surface area contributed by atoms with Crippen molar-refractivity contribution in [1.29, 1.82) is 0 Å². The van der Waals surface area contributed by atoms with Gasteiger partial charge in [0.1, 0.15) is 0 Å². The lowest BCUT2D eigenvalue weighted by atomic mass is 10.1. The van der Waals surface area contributed by atoms with Crippen LogP contribution in [0.5, 0.6) is 0 Å². The van der Waals surface area contributed by atoms with Crippen molar-refractivity contribution < 1.29 is 15.0 Å². The minimum Gasteiger partial charge on any atom is -0.479 e. The van der Waals surface area contributed by atoms with Crippen LogP contribution >= 0.6 is 0 Å². The molecular formula is C22H34O3. The number of aliphatic hydroxyl groups is 1. The SMILES string of the molecule is CCC=CCC=CCC=CCC=CCC=CCCCCC(O)C(=O)O. The number of aliphatic hydroxyl groups excluding tert-OH is 1. The molecule has 0 amide bonds. The Morgan fingerprint density at radius 2 is 1.20 bits per heavy atom. The Labute approximate surface area is 153 Å². The van der Waals surface area contributed by atoms with Gasteiger partial charge in [-0.2, -0.15) is 0 Å². The third-order valence-corrected chi connectivity index (χ3v) is 3.54. The standard InChI is InChI=1S/C22H34O3/c1-2-3-4-5-6-7-8-9-10-11-12-13-14-15-16-17-18-19-20-21(23)22(24)25/h3-4,6-7,9-10,12-13,15-16,21,23H,2,5,8,11,14,17-20H2,1H3,(H,24,25). The summed E-state index contributed by atoms with van der Waals surface area (Å²) in [5.74, 6) is -1.13. The first-order valence-corrected chi connectivity index (χ1v) is 9.34. The van der Waals surface area contributed by atoms with Crippen LogP contribution in [0.3, 0.4) is 0 Å². The average Bonchev–Trinajstić information content (AvgIpc) is 2.60. The Kier molecular flexibility index (Phi) is 17.1. The van der Waals surface area contributed by atoms with Gasteiger partial charge in [-0.05, 0) is 57.8 Å². The molecule has 0 radical (unpaired) electrons. The molecule has 0 aliphatic carbocycles. The molecule has 0 saturated heterocycles. The number of aliphatic carboxylic acids is 1. The maximum absolute atomic E-state index is 10.4. The van der Waals surface area contributed by atoms with E-state index in [0.29, 0.717) is 6.42 Å². The molecule has 0 aromatic heterocycles. The topological polar surface area (TPSA) is 57.5 Å². The smallest absolute Gasteiger partial charge is 0.332 e. The molecule has 0 heterocycles. The van der Waals surface area contributed by atoms with Crippen molar-refractivity contribution in [1.82, 2.24) is 0 Å². The second kappa shape index (κ2) is 18.5. The molecule has 1 atom stereocenters. The lowest BCUT2D eigenvalue weighted by Crippen LogP contribution is -2.18. The lowest BCUT2D eigenvalue weighted by molar-refractivity contribution is -0.146. The van der Waals surface area contributed by atoms with E-state index in [0.717, 1.165) is 51.4 Å². The van der Waals surface area contributed by atoms with Gasteiger partial charge in [0, 0.05) is 0 Å². The fourth-order valence-corrected chi connectivity index (χ4v) is 2.09. The summed E-state index contributed by atoms with van der Waals surface area (Å²) >= 11 is 0. The van der Waals surface area contributed by atoms with Gasteiger partial charge < -0.3 is 10.2 Å². The number of hydrogen-bond acceptors (Lipinski definition) is 2. The predicted octanol–water partition coefficient (Wildman–Crippen LogP) is 5.74. The van der Waals surface area contributed by atoms with Gasteiger partial charge in [0.2, 0.25) is 0 Å². The Morgan fingerprint density at radius 3 is 1.64 bits per heavy atom. The summed E-state index contributed by atoms with van der Waals surface area (Å²) in [5.41, 5.74) is 0. The van der Waals surface area contributed by atoms with E-state index in [1.165, 1.54) is 0 Å². The van der Waals surface area contributed by atoms with Crippen LogP contribution in [0.25, 0.3) is 0 Å². The van der Waals surface area contributed by atoms with Gasteiger partial charge in [-0.15, -0.1) is 0 Å². The molecule has 0 spiro atoms. The third kappa shape index (κ3) is 18.3. The Bertz CT molecular complexity index is 456. The minimum atomic E-state index is -1.21. The number of carboxylic acid groups (broad SMARTS) is 1. The molecule has 0 rings (SSSR count). The highest BCUT2D eigenvalue weighted by Gasteiger charge is 2.11. The Morgan fingerprint density at radius 1 is 0.760 bits per heavy atom. The van der Waals surface area contributed by atoms with E-state index in [2.05, 4.69) is 67.7 Å². The number of carboxylic acids is 1. The zero-order valence-corrected chi connectivity index (χ0v) is 15.5.